The normalized spacial score (nSPS) is 10.7. The molecule has 0 saturated heterocycles. The van der Waals surface area contributed by atoms with Gasteiger partial charge < -0.3 is 19.5 Å². The highest BCUT2D eigenvalue weighted by atomic mass is 16.7. The molecule has 1 amide bonds. The molecule has 0 saturated carbocycles. The van der Waals surface area contributed by atoms with Gasteiger partial charge in [0.05, 0.1) is 19.4 Å². The Morgan fingerprint density at radius 3 is 2.53 bits per heavy atom. The van der Waals surface area contributed by atoms with Crippen LogP contribution >= 0.6 is 0 Å². The van der Waals surface area contributed by atoms with E-state index in [2.05, 4.69) is 10.4 Å². The van der Waals surface area contributed by atoms with Crippen LogP contribution in [0.25, 0.3) is 16.7 Å². The molecule has 4 aromatic rings. The minimum Gasteiger partial charge on any atom is -0.494 e. The Balaban J connectivity index is 1.61. The van der Waals surface area contributed by atoms with Gasteiger partial charge in [0.25, 0.3) is 5.91 Å². The number of anilines is 1. The molecule has 1 N–H and O–H groups in total. The highest BCUT2D eigenvalue weighted by Crippen LogP contribution is 2.28. The molecule has 9 nitrogen and oxygen atoms in total. The number of fused-ring (bicyclic) bond motifs is 1. The number of benzene rings is 2. The van der Waals surface area contributed by atoms with E-state index in [4.69, 9.17) is 19.2 Å². The Kier molecular flexibility index (Phi) is 6.44. The second-order valence-corrected chi connectivity index (χ2v) is 7.50. The van der Waals surface area contributed by atoms with Gasteiger partial charge in [0.1, 0.15) is 22.8 Å². The summed E-state index contributed by atoms with van der Waals surface area (Å²) in [5.41, 5.74) is 2.81. The van der Waals surface area contributed by atoms with Crippen LogP contribution in [0.2, 0.25) is 0 Å². The van der Waals surface area contributed by atoms with Crippen LogP contribution in [-0.4, -0.2) is 40.5 Å². The summed E-state index contributed by atoms with van der Waals surface area (Å²) in [7, 11) is 1.60. The zero-order valence-corrected chi connectivity index (χ0v) is 19.3. The fourth-order valence-electron chi connectivity index (χ4n) is 3.52. The lowest BCUT2D eigenvalue weighted by molar-refractivity contribution is 0.102. The fraction of sp³-hybridized carbons (Fsp3) is 0.200. The van der Waals surface area contributed by atoms with Crippen LogP contribution in [-0.2, 0) is 4.74 Å². The first-order valence-corrected chi connectivity index (χ1v) is 10.7. The van der Waals surface area contributed by atoms with Crippen molar-refractivity contribution in [1.29, 1.82) is 0 Å². The van der Waals surface area contributed by atoms with Crippen molar-refractivity contribution in [2.75, 3.05) is 19.0 Å². The molecule has 0 atom stereocenters. The minimum atomic E-state index is -0.797. The second-order valence-electron chi connectivity index (χ2n) is 7.50. The molecule has 4 rings (SSSR count). The zero-order chi connectivity index (χ0) is 24.2. The molecule has 2 heterocycles. The number of nitrogens with one attached hydrogen (secondary N) is 1. The lowest BCUT2D eigenvalue weighted by Gasteiger charge is -2.12. The maximum Gasteiger partial charge on any atom is 0.513 e. The van der Waals surface area contributed by atoms with E-state index in [0.717, 1.165) is 10.9 Å². The van der Waals surface area contributed by atoms with E-state index >= 15 is 0 Å². The third-order valence-corrected chi connectivity index (χ3v) is 5.09. The number of carbonyl (C=O) groups excluding carboxylic acids is 2. The quantitative estimate of drug-likeness (QED) is 0.324. The number of pyridine rings is 1. The third-order valence-electron chi connectivity index (χ3n) is 5.09. The summed E-state index contributed by atoms with van der Waals surface area (Å²) in [5.74, 6) is 1.60. The van der Waals surface area contributed by atoms with Crippen molar-refractivity contribution in [2.45, 2.75) is 20.8 Å². The van der Waals surface area contributed by atoms with Crippen LogP contribution in [0.4, 0.5) is 10.6 Å². The maximum absolute atomic E-state index is 12.9. The monoisotopic (exact) mass is 460 g/mol. The Bertz CT molecular complexity index is 1360. The third kappa shape index (κ3) is 4.68. The van der Waals surface area contributed by atoms with Crippen LogP contribution in [0.1, 0.15) is 28.5 Å². The van der Waals surface area contributed by atoms with Crippen LogP contribution in [0.5, 0.6) is 11.5 Å². The summed E-state index contributed by atoms with van der Waals surface area (Å²) in [6, 6.07) is 15.6. The zero-order valence-electron chi connectivity index (χ0n) is 19.3. The molecule has 0 aliphatic carbocycles. The van der Waals surface area contributed by atoms with Crippen LogP contribution in [0.3, 0.4) is 0 Å². The van der Waals surface area contributed by atoms with Gasteiger partial charge in [-0.2, -0.15) is 9.78 Å². The van der Waals surface area contributed by atoms with E-state index in [1.165, 1.54) is 12.1 Å². The lowest BCUT2D eigenvalue weighted by Crippen LogP contribution is -2.16. The Morgan fingerprint density at radius 2 is 1.82 bits per heavy atom. The second kappa shape index (κ2) is 9.62. The average Bonchev–Trinajstić information content (AvgIpc) is 3.19. The number of hydrogen-bond acceptors (Lipinski definition) is 7. The van der Waals surface area contributed by atoms with Crippen molar-refractivity contribution in [3.05, 3.63) is 71.4 Å². The van der Waals surface area contributed by atoms with Crippen molar-refractivity contribution in [1.82, 2.24) is 14.8 Å². The summed E-state index contributed by atoms with van der Waals surface area (Å²) in [6.07, 6.45) is -0.797. The first kappa shape index (κ1) is 22.8. The smallest absolute Gasteiger partial charge is 0.494 e. The van der Waals surface area contributed by atoms with Crippen molar-refractivity contribution in [3.8, 4) is 17.3 Å². The van der Waals surface area contributed by atoms with Crippen LogP contribution in [0.15, 0.2) is 54.6 Å². The van der Waals surface area contributed by atoms with Gasteiger partial charge in [-0.15, -0.1) is 0 Å². The molecule has 0 unspecified atom stereocenters. The number of aromatic nitrogens is 3. The highest BCUT2D eigenvalue weighted by Gasteiger charge is 2.16. The van der Waals surface area contributed by atoms with E-state index < -0.39 is 6.16 Å². The molecule has 34 heavy (non-hydrogen) atoms. The predicted octanol–water partition coefficient (Wildman–Crippen LogP) is 4.83. The van der Waals surface area contributed by atoms with Gasteiger partial charge in [-0.05, 0) is 62.7 Å². The van der Waals surface area contributed by atoms with Crippen molar-refractivity contribution < 1.29 is 23.8 Å². The summed E-state index contributed by atoms with van der Waals surface area (Å²) < 4.78 is 16.8. The maximum atomic E-state index is 12.9. The molecule has 174 valence electrons. The van der Waals surface area contributed by atoms with Crippen molar-refractivity contribution in [2.24, 2.45) is 0 Å². The van der Waals surface area contributed by atoms with Crippen LogP contribution < -0.4 is 14.8 Å². The number of carbonyl (C=O) groups is 2. The molecule has 0 fully saturated rings. The minimum absolute atomic E-state index is 0.213. The highest BCUT2D eigenvalue weighted by molar-refractivity contribution is 6.04. The van der Waals surface area contributed by atoms with Crippen molar-refractivity contribution in [3.63, 3.8) is 0 Å². The van der Waals surface area contributed by atoms with Gasteiger partial charge >= 0.3 is 6.16 Å². The Hall–Kier alpha value is -4.40. The molecule has 0 aliphatic rings. The Labute approximate surface area is 196 Å². The van der Waals surface area contributed by atoms with E-state index in [1.807, 2.05) is 38.1 Å². The molecule has 0 aliphatic heterocycles. The lowest BCUT2D eigenvalue weighted by atomic mass is 10.1. The number of nitrogens with zero attached hydrogens (tertiary/aromatic N) is 3. The molecular weight excluding hydrogens is 436 g/mol. The first-order chi connectivity index (χ1) is 16.4. The number of ether oxygens (including phenoxy) is 3. The van der Waals surface area contributed by atoms with E-state index in [1.54, 1.807) is 36.9 Å². The molecule has 0 radical (unpaired) electrons. The summed E-state index contributed by atoms with van der Waals surface area (Å²) in [4.78, 5) is 29.1. The number of aryl methyl sites for hydroxylation is 2. The number of amides is 1. The molecule has 2 aromatic heterocycles. The Morgan fingerprint density at radius 1 is 1.06 bits per heavy atom. The average molecular weight is 460 g/mol. The summed E-state index contributed by atoms with van der Waals surface area (Å²) in [5, 5.41) is 8.38. The number of para-hydroxylation sites is 1. The predicted molar refractivity (Wildman–Crippen MR) is 127 cm³/mol. The molecule has 0 spiro atoms. The van der Waals surface area contributed by atoms with Crippen LogP contribution in [0, 0.1) is 13.8 Å². The van der Waals surface area contributed by atoms with E-state index in [0.29, 0.717) is 34.2 Å². The molecule has 2 aromatic carbocycles. The topological polar surface area (TPSA) is 105 Å². The van der Waals surface area contributed by atoms with Gasteiger partial charge in [0.15, 0.2) is 5.82 Å². The summed E-state index contributed by atoms with van der Waals surface area (Å²) in [6.45, 7) is 5.72. The fourth-order valence-corrected chi connectivity index (χ4v) is 3.52. The van der Waals surface area contributed by atoms with Gasteiger partial charge in [-0.3, -0.25) is 4.79 Å². The van der Waals surface area contributed by atoms with Gasteiger partial charge in [-0.25, -0.2) is 9.78 Å². The van der Waals surface area contributed by atoms with Gasteiger partial charge in [0, 0.05) is 17.0 Å². The standard InChI is InChI=1S/C25H24N4O5/c1-5-33-25(31)34-18-11-9-17(10-12-18)24(30)27-22-14-16(3)28-29(22)21-13-15(2)19-7-6-8-20(32-4)23(19)26-21/h6-14H,5H2,1-4H3,(H,27,30). The largest absolute Gasteiger partial charge is 0.513 e. The molecule has 0 bridgehead atoms. The number of rotatable bonds is 6. The number of methoxy groups -OCH3 is 1. The van der Waals surface area contributed by atoms with Gasteiger partial charge in [-0.1, -0.05) is 12.1 Å². The first-order valence-electron chi connectivity index (χ1n) is 10.7. The molecular formula is C25H24N4O5. The SMILES string of the molecule is CCOC(=O)Oc1ccc(C(=O)Nc2cc(C)nn2-c2cc(C)c3cccc(OC)c3n2)cc1. The van der Waals surface area contributed by atoms with Crippen molar-refractivity contribution >= 4 is 28.8 Å². The van der Waals surface area contributed by atoms with Gasteiger partial charge in [0.2, 0.25) is 0 Å². The summed E-state index contributed by atoms with van der Waals surface area (Å²) >= 11 is 0. The van der Waals surface area contributed by atoms with E-state index in [-0.39, 0.29) is 18.3 Å². The molecule has 9 heteroatoms. The van der Waals surface area contributed by atoms with E-state index in [9.17, 15) is 9.59 Å². The number of hydrogen-bond donors (Lipinski definition) is 1.